The van der Waals surface area contributed by atoms with E-state index in [9.17, 15) is 4.79 Å². The molecule has 0 N–H and O–H groups in total. The van der Waals surface area contributed by atoms with Crippen LogP contribution in [-0.2, 0) is 5.41 Å². The van der Waals surface area contributed by atoms with E-state index in [-0.39, 0.29) is 11.2 Å². The van der Waals surface area contributed by atoms with Gasteiger partial charge in [-0.1, -0.05) is 60.2 Å². The molecule has 1 spiro atoms. The summed E-state index contributed by atoms with van der Waals surface area (Å²) in [6, 6.07) is 21.7. The summed E-state index contributed by atoms with van der Waals surface area (Å²) in [6.07, 6.45) is 4.27. The lowest BCUT2D eigenvalue weighted by atomic mass is 9.76. The van der Waals surface area contributed by atoms with Crippen molar-refractivity contribution >= 4 is 17.5 Å². The minimum Gasteiger partial charge on any atom is -0.463 e. The molecule has 0 saturated carbocycles. The number of nitrogens with zero attached hydrogens (tertiary/aromatic N) is 1. The van der Waals surface area contributed by atoms with Gasteiger partial charge in [0.05, 0.1) is 5.41 Å². The number of fused-ring (bicyclic) bond motifs is 2. The molecule has 0 fully saturated rings. The first-order valence-corrected chi connectivity index (χ1v) is 10.3. The molecular weight excluding hydrogens is 370 g/mol. The van der Waals surface area contributed by atoms with Crippen LogP contribution in [0.1, 0.15) is 46.5 Å². The van der Waals surface area contributed by atoms with E-state index in [1.54, 1.807) is 0 Å². The van der Waals surface area contributed by atoms with E-state index in [0.717, 1.165) is 11.3 Å². The van der Waals surface area contributed by atoms with Gasteiger partial charge in [0.2, 0.25) is 5.72 Å². The van der Waals surface area contributed by atoms with Crippen LogP contribution in [0.5, 0.6) is 5.75 Å². The summed E-state index contributed by atoms with van der Waals surface area (Å²) in [4.78, 5) is 15.2. The van der Waals surface area contributed by atoms with Gasteiger partial charge in [0.15, 0.2) is 5.78 Å². The third-order valence-corrected chi connectivity index (χ3v) is 6.65. The first kappa shape index (κ1) is 18.7. The zero-order valence-corrected chi connectivity index (χ0v) is 17.8. The van der Waals surface area contributed by atoms with Crippen LogP contribution in [0.25, 0.3) is 6.08 Å². The van der Waals surface area contributed by atoms with Gasteiger partial charge >= 0.3 is 0 Å². The van der Waals surface area contributed by atoms with Crippen molar-refractivity contribution in [2.45, 2.75) is 31.9 Å². The van der Waals surface area contributed by atoms with Crippen LogP contribution in [0.15, 0.2) is 72.8 Å². The Morgan fingerprint density at radius 2 is 1.70 bits per heavy atom. The molecule has 0 aliphatic carbocycles. The highest BCUT2D eigenvalue weighted by Crippen LogP contribution is 2.54. The third-order valence-electron chi connectivity index (χ3n) is 6.65. The minimum absolute atomic E-state index is 0.00329. The van der Waals surface area contributed by atoms with E-state index in [1.807, 2.05) is 48.5 Å². The zero-order valence-electron chi connectivity index (χ0n) is 17.8. The molecule has 2 aliphatic heterocycles. The Bertz CT molecular complexity index is 1190. The Morgan fingerprint density at radius 3 is 2.47 bits per heavy atom. The monoisotopic (exact) mass is 395 g/mol. The van der Waals surface area contributed by atoms with Crippen molar-refractivity contribution in [3.63, 3.8) is 0 Å². The number of ether oxygens (including phenoxy) is 1. The highest BCUT2D eigenvalue weighted by atomic mass is 16.5. The number of carbonyl (C=O) groups excluding carboxylic acids is 1. The fourth-order valence-electron chi connectivity index (χ4n) is 4.81. The Kier molecular flexibility index (Phi) is 3.94. The molecule has 3 heteroatoms. The highest BCUT2D eigenvalue weighted by molar-refractivity contribution is 6.09. The first-order valence-electron chi connectivity index (χ1n) is 10.3. The topological polar surface area (TPSA) is 29.5 Å². The highest BCUT2D eigenvalue weighted by Gasteiger charge is 2.57. The molecule has 1 unspecified atom stereocenters. The minimum atomic E-state index is -0.648. The number of anilines is 1. The number of likely N-dealkylation sites (N-methyl/N-ethyl adjacent to an activating group) is 1. The normalized spacial score (nSPS) is 20.6. The lowest BCUT2D eigenvalue weighted by Gasteiger charge is -2.45. The second kappa shape index (κ2) is 6.33. The van der Waals surface area contributed by atoms with Gasteiger partial charge in [-0.25, -0.2) is 0 Å². The van der Waals surface area contributed by atoms with Gasteiger partial charge in [-0.2, -0.15) is 0 Å². The van der Waals surface area contributed by atoms with Crippen LogP contribution in [0.4, 0.5) is 5.69 Å². The van der Waals surface area contributed by atoms with Crippen LogP contribution < -0.4 is 9.64 Å². The van der Waals surface area contributed by atoms with Crippen molar-refractivity contribution in [2.24, 2.45) is 0 Å². The molecule has 0 saturated heterocycles. The largest absolute Gasteiger partial charge is 0.463 e. The second-order valence-corrected chi connectivity index (χ2v) is 8.78. The lowest BCUT2D eigenvalue weighted by molar-refractivity contribution is 0.0580. The maximum absolute atomic E-state index is 13.0. The lowest BCUT2D eigenvalue weighted by Crippen LogP contribution is -2.58. The van der Waals surface area contributed by atoms with Crippen LogP contribution in [-0.4, -0.2) is 18.6 Å². The molecule has 5 rings (SSSR count). The van der Waals surface area contributed by atoms with E-state index in [1.165, 1.54) is 16.8 Å². The van der Waals surface area contributed by atoms with E-state index in [4.69, 9.17) is 4.74 Å². The maximum Gasteiger partial charge on any atom is 0.211 e. The van der Waals surface area contributed by atoms with Crippen molar-refractivity contribution in [3.8, 4) is 5.75 Å². The van der Waals surface area contributed by atoms with E-state index in [2.05, 4.69) is 63.1 Å². The smallest absolute Gasteiger partial charge is 0.211 e. The molecule has 1 atom stereocenters. The molecule has 150 valence electrons. The summed E-state index contributed by atoms with van der Waals surface area (Å²) in [6.45, 7) is 6.57. The number of hydrogen-bond donors (Lipinski definition) is 0. The standard InChI is InChI=1S/C27H25NO2/c1-18-10-13-23-22(16-18)26(2,3)27(28(23)4)15-14-19-11-12-21(17-24(19)30-27)25(29)20-8-6-5-7-9-20/h5-17H,1-4H3. The van der Waals surface area contributed by atoms with E-state index in [0.29, 0.717) is 11.1 Å². The quantitative estimate of drug-likeness (QED) is 0.517. The molecule has 3 aromatic rings. The van der Waals surface area contributed by atoms with Crippen molar-refractivity contribution in [2.75, 3.05) is 11.9 Å². The fraction of sp³-hybridized carbons (Fsp3) is 0.222. The Hall–Kier alpha value is -3.33. The average Bonchev–Trinajstić information content (AvgIpc) is 2.91. The molecule has 0 aromatic heterocycles. The van der Waals surface area contributed by atoms with E-state index < -0.39 is 5.72 Å². The van der Waals surface area contributed by atoms with Gasteiger partial charge in [0.1, 0.15) is 5.75 Å². The Labute approximate surface area is 177 Å². The number of ketones is 1. The fourth-order valence-corrected chi connectivity index (χ4v) is 4.81. The van der Waals surface area contributed by atoms with Crippen molar-refractivity contribution in [1.29, 1.82) is 0 Å². The summed E-state index contributed by atoms with van der Waals surface area (Å²) in [5.74, 6) is 0.743. The molecular formula is C27H25NO2. The molecule has 30 heavy (non-hydrogen) atoms. The first-order chi connectivity index (χ1) is 14.3. The van der Waals surface area contributed by atoms with Gasteiger partial charge in [0, 0.05) is 29.4 Å². The molecule has 0 amide bonds. The molecule has 3 nitrogen and oxygen atoms in total. The van der Waals surface area contributed by atoms with Crippen molar-refractivity contribution < 1.29 is 9.53 Å². The van der Waals surface area contributed by atoms with Gasteiger partial charge in [-0.15, -0.1) is 0 Å². The summed E-state index contributed by atoms with van der Waals surface area (Å²) in [7, 11) is 2.08. The Morgan fingerprint density at radius 1 is 0.933 bits per heavy atom. The van der Waals surface area contributed by atoms with Crippen LogP contribution >= 0.6 is 0 Å². The van der Waals surface area contributed by atoms with Crippen LogP contribution in [0, 0.1) is 6.92 Å². The van der Waals surface area contributed by atoms with Gasteiger partial charge in [0.25, 0.3) is 0 Å². The number of rotatable bonds is 2. The second-order valence-electron chi connectivity index (χ2n) is 8.78. The molecule has 2 heterocycles. The SMILES string of the molecule is Cc1ccc2c(c1)C(C)(C)C1(C=Cc3ccc(C(=O)c4ccccc4)cc3O1)N2C. The number of hydrogen-bond acceptors (Lipinski definition) is 3. The summed E-state index contributed by atoms with van der Waals surface area (Å²) in [5, 5.41) is 0. The summed E-state index contributed by atoms with van der Waals surface area (Å²) >= 11 is 0. The summed E-state index contributed by atoms with van der Waals surface area (Å²) in [5.41, 5.74) is 5.08. The van der Waals surface area contributed by atoms with Gasteiger partial charge in [-0.3, -0.25) is 4.79 Å². The number of benzene rings is 3. The predicted octanol–water partition coefficient (Wildman–Crippen LogP) is 5.76. The predicted molar refractivity (Wildman–Crippen MR) is 121 cm³/mol. The van der Waals surface area contributed by atoms with E-state index >= 15 is 0 Å². The zero-order chi connectivity index (χ0) is 21.1. The van der Waals surface area contributed by atoms with Crippen molar-refractivity contribution in [1.82, 2.24) is 0 Å². The van der Waals surface area contributed by atoms with Gasteiger partial charge in [-0.05, 0) is 50.6 Å². The average molecular weight is 396 g/mol. The summed E-state index contributed by atoms with van der Waals surface area (Å²) < 4.78 is 6.74. The third kappa shape index (κ3) is 2.48. The van der Waals surface area contributed by atoms with Crippen LogP contribution in [0.2, 0.25) is 0 Å². The number of aryl methyl sites for hydroxylation is 1. The maximum atomic E-state index is 13.0. The molecule has 3 aromatic carbocycles. The molecule has 0 radical (unpaired) electrons. The number of carbonyl (C=O) groups is 1. The Balaban J connectivity index is 1.58. The van der Waals surface area contributed by atoms with Crippen molar-refractivity contribution in [3.05, 3.63) is 101 Å². The molecule has 0 bridgehead atoms. The van der Waals surface area contributed by atoms with Gasteiger partial charge < -0.3 is 9.64 Å². The van der Waals surface area contributed by atoms with Crippen LogP contribution in [0.3, 0.4) is 0 Å². The molecule has 2 aliphatic rings.